The van der Waals surface area contributed by atoms with Crippen molar-refractivity contribution in [1.82, 2.24) is 4.98 Å². The summed E-state index contributed by atoms with van der Waals surface area (Å²) in [7, 11) is 1.57. The van der Waals surface area contributed by atoms with Gasteiger partial charge in [-0.05, 0) is 49.7 Å². The highest BCUT2D eigenvalue weighted by Gasteiger charge is 2.26. The summed E-state index contributed by atoms with van der Waals surface area (Å²) in [6.07, 6.45) is 1.58. The quantitative estimate of drug-likeness (QED) is 0.570. The van der Waals surface area contributed by atoms with E-state index in [1.807, 2.05) is 44.2 Å². The van der Waals surface area contributed by atoms with Crippen LogP contribution >= 0.6 is 0 Å². The number of hydrogen-bond donors (Lipinski definition) is 1. The van der Waals surface area contributed by atoms with Crippen molar-refractivity contribution in [3.63, 3.8) is 0 Å². The van der Waals surface area contributed by atoms with E-state index in [2.05, 4.69) is 4.98 Å². The summed E-state index contributed by atoms with van der Waals surface area (Å²) in [4.78, 5) is 30.2. The lowest BCUT2D eigenvalue weighted by Gasteiger charge is -2.20. The molecule has 0 aliphatic rings. The molecule has 1 aromatic heterocycles. The van der Waals surface area contributed by atoms with Crippen molar-refractivity contribution in [2.24, 2.45) is 0 Å². The van der Waals surface area contributed by atoms with Crippen LogP contribution in [0.5, 0.6) is 5.75 Å². The van der Waals surface area contributed by atoms with E-state index >= 15 is 0 Å². The number of methoxy groups -OCH3 is 1. The lowest BCUT2D eigenvalue weighted by Crippen LogP contribution is -2.36. The first-order valence-corrected chi connectivity index (χ1v) is 8.13. The second kappa shape index (κ2) is 6.81. The topological polar surface area (TPSA) is 62.4 Å². The van der Waals surface area contributed by atoms with Crippen molar-refractivity contribution in [2.45, 2.75) is 13.8 Å². The summed E-state index contributed by atoms with van der Waals surface area (Å²) in [5.74, 6) is -0.445. The number of rotatable bonds is 5. The number of likely N-dealkylation sites (N-methyl/N-ethyl adjacent to an activating group) is 1. The molecule has 2 aromatic carbocycles. The first kappa shape index (κ1) is 16.8. The zero-order valence-corrected chi connectivity index (χ0v) is 14.5. The van der Waals surface area contributed by atoms with Gasteiger partial charge in [-0.1, -0.05) is 12.1 Å². The number of amides is 1. The number of aryl methyl sites for hydroxylation is 1. The monoisotopic (exact) mass is 336 g/mol. The largest absolute Gasteiger partial charge is 0.497 e. The maximum absolute atomic E-state index is 12.8. The molecule has 0 saturated carbocycles. The van der Waals surface area contributed by atoms with E-state index in [9.17, 15) is 9.59 Å². The molecule has 1 amide bonds. The van der Waals surface area contributed by atoms with Crippen LogP contribution in [-0.4, -0.2) is 30.3 Å². The number of H-pyrrole nitrogens is 1. The highest BCUT2D eigenvalue weighted by Crippen LogP contribution is 2.25. The number of carbonyl (C=O) groups excluding carboxylic acids is 2. The Morgan fingerprint density at radius 3 is 2.64 bits per heavy atom. The molecule has 25 heavy (non-hydrogen) atoms. The first-order chi connectivity index (χ1) is 12.0. The minimum atomic E-state index is -0.545. The van der Waals surface area contributed by atoms with Gasteiger partial charge in [-0.15, -0.1) is 0 Å². The van der Waals surface area contributed by atoms with Crippen LogP contribution in [0.15, 0.2) is 48.7 Å². The van der Waals surface area contributed by atoms with E-state index in [0.29, 0.717) is 23.2 Å². The zero-order chi connectivity index (χ0) is 18.0. The highest BCUT2D eigenvalue weighted by molar-refractivity contribution is 6.48. The molecule has 5 nitrogen and oxygen atoms in total. The third kappa shape index (κ3) is 3.13. The maximum atomic E-state index is 12.8. The van der Waals surface area contributed by atoms with Crippen LogP contribution in [0.25, 0.3) is 10.9 Å². The van der Waals surface area contributed by atoms with Crippen molar-refractivity contribution >= 4 is 28.3 Å². The van der Waals surface area contributed by atoms with Gasteiger partial charge in [-0.2, -0.15) is 0 Å². The number of nitrogens with zero attached hydrogens (tertiary/aromatic N) is 1. The second-order valence-corrected chi connectivity index (χ2v) is 5.83. The summed E-state index contributed by atoms with van der Waals surface area (Å²) in [6.45, 7) is 4.22. The van der Waals surface area contributed by atoms with Gasteiger partial charge in [0.15, 0.2) is 0 Å². The van der Waals surface area contributed by atoms with Crippen LogP contribution in [0.4, 0.5) is 5.69 Å². The Hall–Kier alpha value is -3.08. The molecular weight excluding hydrogens is 316 g/mol. The number of nitrogens with one attached hydrogen (secondary N) is 1. The Balaban J connectivity index is 1.98. The number of carbonyl (C=O) groups is 2. The number of aromatic nitrogens is 1. The van der Waals surface area contributed by atoms with Gasteiger partial charge in [0.1, 0.15) is 5.75 Å². The second-order valence-electron chi connectivity index (χ2n) is 5.83. The maximum Gasteiger partial charge on any atom is 0.299 e. The Kier molecular flexibility index (Phi) is 4.57. The summed E-state index contributed by atoms with van der Waals surface area (Å²) in [5, 5.41) is 0.679. The molecule has 1 N–H and O–H groups in total. The standard InChI is InChI=1S/C20H20N2O3/c1-4-22(14-7-5-6-13(2)10-14)20(24)19(23)17-12-21-18-9-8-15(25-3)11-16(17)18/h5-12,21H,4H2,1-3H3. The Bertz CT molecular complexity index is 943. The molecule has 0 atom stereocenters. The van der Waals surface area contributed by atoms with Crippen LogP contribution in [0.1, 0.15) is 22.8 Å². The van der Waals surface area contributed by atoms with E-state index in [4.69, 9.17) is 4.74 Å². The van der Waals surface area contributed by atoms with E-state index in [-0.39, 0.29) is 0 Å². The fourth-order valence-corrected chi connectivity index (χ4v) is 2.89. The molecule has 0 spiro atoms. The normalized spacial score (nSPS) is 10.7. The molecule has 0 radical (unpaired) electrons. The fourth-order valence-electron chi connectivity index (χ4n) is 2.89. The van der Waals surface area contributed by atoms with Gasteiger partial charge in [-0.25, -0.2) is 0 Å². The van der Waals surface area contributed by atoms with Gasteiger partial charge in [0.2, 0.25) is 0 Å². The Labute approximate surface area is 146 Å². The highest BCUT2D eigenvalue weighted by atomic mass is 16.5. The molecule has 0 aliphatic heterocycles. The number of benzene rings is 2. The predicted molar refractivity (Wildman–Crippen MR) is 98.4 cm³/mol. The summed E-state index contributed by atoms with van der Waals surface area (Å²) in [6, 6.07) is 13.0. The average molecular weight is 336 g/mol. The van der Waals surface area contributed by atoms with Crippen LogP contribution in [0.3, 0.4) is 0 Å². The van der Waals surface area contributed by atoms with Gasteiger partial charge in [0.05, 0.1) is 12.7 Å². The molecular formula is C20H20N2O3. The van der Waals surface area contributed by atoms with Crippen molar-refractivity contribution in [1.29, 1.82) is 0 Å². The van der Waals surface area contributed by atoms with Gasteiger partial charge in [-0.3, -0.25) is 9.59 Å². The van der Waals surface area contributed by atoms with Crippen molar-refractivity contribution in [2.75, 3.05) is 18.6 Å². The molecule has 128 valence electrons. The van der Waals surface area contributed by atoms with E-state index in [1.165, 1.54) is 4.90 Å². The van der Waals surface area contributed by atoms with Gasteiger partial charge in [0, 0.05) is 29.3 Å². The van der Waals surface area contributed by atoms with Crippen molar-refractivity contribution in [3.8, 4) is 5.75 Å². The molecule has 0 saturated heterocycles. The van der Waals surface area contributed by atoms with Crippen LogP contribution in [0, 0.1) is 6.92 Å². The molecule has 0 fully saturated rings. The third-order valence-electron chi connectivity index (χ3n) is 4.20. The number of aromatic amines is 1. The Morgan fingerprint density at radius 2 is 1.96 bits per heavy atom. The van der Waals surface area contributed by atoms with Crippen molar-refractivity contribution < 1.29 is 14.3 Å². The lowest BCUT2D eigenvalue weighted by atomic mass is 10.1. The molecule has 0 bridgehead atoms. The number of hydrogen-bond acceptors (Lipinski definition) is 3. The van der Waals surface area contributed by atoms with Crippen LogP contribution in [0.2, 0.25) is 0 Å². The van der Waals surface area contributed by atoms with Crippen LogP contribution < -0.4 is 9.64 Å². The Morgan fingerprint density at radius 1 is 1.16 bits per heavy atom. The third-order valence-corrected chi connectivity index (χ3v) is 4.20. The minimum absolute atomic E-state index is 0.352. The van der Waals surface area contributed by atoms with E-state index in [0.717, 1.165) is 16.8 Å². The number of ketones is 1. The van der Waals surface area contributed by atoms with Crippen LogP contribution in [-0.2, 0) is 4.79 Å². The van der Waals surface area contributed by atoms with E-state index in [1.54, 1.807) is 25.4 Å². The molecule has 5 heteroatoms. The predicted octanol–water partition coefficient (Wildman–Crippen LogP) is 3.72. The smallest absolute Gasteiger partial charge is 0.299 e. The zero-order valence-electron chi connectivity index (χ0n) is 14.5. The minimum Gasteiger partial charge on any atom is -0.497 e. The lowest BCUT2D eigenvalue weighted by molar-refractivity contribution is -0.114. The number of anilines is 1. The molecule has 0 aliphatic carbocycles. The molecule has 1 heterocycles. The number of fused-ring (bicyclic) bond motifs is 1. The fraction of sp³-hybridized carbons (Fsp3) is 0.200. The molecule has 0 unspecified atom stereocenters. The van der Waals surface area contributed by atoms with Gasteiger partial charge >= 0.3 is 0 Å². The van der Waals surface area contributed by atoms with Gasteiger partial charge < -0.3 is 14.6 Å². The molecule has 3 aromatic rings. The van der Waals surface area contributed by atoms with E-state index < -0.39 is 11.7 Å². The van der Waals surface area contributed by atoms with Gasteiger partial charge in [0.25, 0.3) is 11.7 Å². The summed E-state index contributed by atoms with van der Waals surface area (Å²) in [5.41, 5.74) is 2.90. The van der Waals surface area contributed by atoms with Crippen molar-refractivity contribution in [3.05, 3.63) is 59.8 Å². The summed E-state index contributed by atoms with van der Waals surface area (Å²) < 4.78 is 5.22. The number of Topliss-reactive ketones (excluding diaryl/α,β-unsaturated/α-hetero) is 1. The SMILES string of the molecule is CCN(C(=O)C(=O)c1c[nH]c2ccc(OC)cc12)c1cccc(C)c1. The number of ether oxygens (including phenoxy) is 1. The first-order valence-electron chi connectivity index (χ1n) is 8.13. The summed E-state index contributed by atoms with van der Waals surface area (Å²) >= 11 is 0. The average Bonchev–Trinajstić information content (AvgIpc) is 3.04. The molecule has 3 rings (SSSR count).